The van der Waals surface area contributed by atoms with Crippen LogP contribution in [0.5, 0.6) is 5.75 Å². The summed E-state index contributed by atoms with van der Waals surface area (Å²) in [6.45, 7) is 6.82. The van der Waals surface area contributed by atoms with E-state index in [1.807, 2.05) is 12.1 Å². The molecule has 0 heterocycles. The molecule has 0 radical (unpaired) electrons. The van der Waals surface area contributed by atoms with Gasteiger partial charge in [0.25, 0.3) is 0 Å². The number of para-hydroxylation sites is 1. The third-order valence-corrected chi connectivity index (χ3v) is 4.34. The Kier molecular flexibility index (Phi) is 4.51. The largest absolute Gasteiger partial charge is 0.490 e. The van der Waals surface area contributed by atoms with Gasteiger partial charge >= 0.3 is 0 Å². The monoisotopic (exact) mass is 261 g/mol. The van der Waals surface area contributed by atoms with Crippen molar-refractivity contribution in [1.29, 1.82) is 0 Å². The predicted octanol–water partition coefficient (Wildman–Crippen LogP) is 4.44. The molecule has 19 heavy (non-hydrogen) atoms. The molecule has 0 spiro atoms. The summed E-state index contributed by atoms with van der Waals surface area (Å²) in [6.07, 6.45) is 6.11. The molecule has 2 rings (SSSR count). The Morgan fingerprint density at radius 1 is 1.26 bits per heavy atom. The SMILES string of the molecule is CC[C@H](N)c1ccccc1OC1CCC(C)(C)CC1. The van der Waals surface area contributed by atoms with Gasteiger partial charge in [0, 0.05) is 11.6 Å². The van der Waals surface area contributed by atoms with Crippen molar-refractivity contribution in [3.63, 3.8) is 0 Å². The minimum absolute atomic E-state index is 0.0798. The predicted molar refractivity (Wildman–Crippen MR) is 80.3 cm³/mol. The third-order valence-electron chi connectivity index (χ3n) is 4.34. The number of ether oxygens (including phenoxy) is 1. The zero-order chi connectivity index (χ0) is 13.9. The number of benzene rings is 1. The minimum Gasteiger partial charge on any atom is -0.490 e. The molecule has 0 amide bonds. The molecule has 2 nitrogen and oxygen atoms in total. The van der Waals surface area contributed by atoms with Crippen LogP contribution in [0, 0.1) is 5.41 Å². The van der Waals surface area contributed by atoms with Gasteiger partial charge in [-0.1, -0.05) is 39.0 Å². The minimum atomic E-state index is 0.0798. The normalized spacial score (nSPS) is 21.1. The van der Waals surface area contributed by atoms with Gasteiger partial charge < -0.3 is 10.5 Å². The van der Waals surface area contributed by atoms with Gasteiger partial charge in [-0.3, -0.25) is 0 Å². The summed E-state index contributed by atoms with van der Waals surface area (Å²) in [5, 5.41) is 0. The van der Waals surface area contributed by atoms with Crippen LogP contribution in [0.15, 0.2) is 24.3 Å². The second-order valence-electron chi connectivity index (χ2n) is 6.53. The number of rotatable bonds is 4. The molecule has 0 aromatic heterocycles. The van der Waals surface area contributed by atoms with Crippen LogP contribution in [-0.2, 0) is 0 Å². The van der Waals surface area contributed by atoms with Crippen molar-refractivity contribution in [2.24, 2.45) is 11.1 Å². The first-order valence-corrected chi connectivity index (χ1v) is 7.53. The summed E-state index contributed by atoms with van der Waals surface area (Å²) in [4.78, 5) is 0. The zero-order valence-corrected chi connectivity index (χ0v) is 12.5. The van der Waals surface area contributed by atoms with Crippen molar-refractivity contribution in [3.05, 3.63) is 29.8 Å². The maximum absolute atomic E-state index is 6.22. The van der Waals surface area contributed by atoms with Crippen LogP contribution in [0.2, 0.25) is 0 Å². The summed E-state index contributed by atoms with van der Waals surface area (Å²) in [5.41, 5.74) is 7.80. The molecule has 0 aliphatic heterocycles. The van der Waals surface area contributed by atoms with Gasteiger partial charge in [0.2, 0.25) is 0 Å². The van der Waals surface area contributed by atoms with E-state index in [0.29, 0.717) is 11.5 Å². The van der Waals surface area contributed by atoms with Crippen molar-refractivity contribution in [1.82, 2.24) is 0 Å². The summed E-state index contributed by atoms with van der Waals surface area (Å²) >= 11 is 0. The quantitative estimate of drug-likeness (QED) is 0.869. The van der Waals surface area contributed by atoms with Crippen LogP contribution < -0.4 is 10.5 Å². The highest BCUT2D eigenvalue weighted by Crippen LogP contribution is 2.37. The first-order chi connectivity index (χ1) is 9.02. The highest BCUT2D eigenvalue weighted by Gasteiger charge is 2.28. The molecule has 0 saturated heterocycles. The maximum atomic E-state index is 6.22. The van der Waals surface area contributed by atoms with Crippen molar-refractivity contribution in [2.75, 3.05) is 0 Å². The number of hydrogen-bond donors (Lipinski definition) is 1. The Morgan fingerprint density at radius 3 is 2.53 bits per heavy atom. The molecule has 1 aliphatic carbocycles. The smallest absolute Gasteiger partial charge is 0.124 e. The molecule has 1 aromatic carbocycles. The van der Waals surface area contributed by atoms with Crippen molar-refractivity contribution >= 4 is 0 Å². The third kappa shape index (κ3) is 3.73. The van der Waals surface area contributed by atoms with E-state index in [2.05, 4.69) is 32.9 Å². The number of nitrogens with two attached hydrogens (primary N) is 1. The molecule has 2 N–H and O–H groups in total. The van der Waals surface area contributed by atoms with E-state index in [4.69, 9.17) is 10.5 Å². The second kappa shape index (κ2) is 5.96. The molecule has 0 bridgehead atoms. The van der Waals surface area contributed by atoms with E-state index in [0.717, 1.165) is 30.6 Å². The molecule has 1 aliphatic rings. The van der Waals surface area contributed by atoms with Crippen molar-refractivity contribution in [2.45, 2.75) is 65.0 Å². The van der Waals surface area contributed by atoms with Gasteiger partial charge in [-0.05, 0) is 43.6 Å². The molecule has 1 aromatic rings. The van der Waals surface area contributed by atoms with E-state index >= 15 is 0 Å². The summed E-state index contributed by atoms with van der Waals surface area (Å²) < 4.78 is 6.22. The van der Waals surface area contributed by atoms with E-state index in [1.165, 1.54) is 12.8 Å². The van der Waals surface area contributed by atoms with Gasteiger partial charge in [0.1, 0.15) is 5.75 Å². The molecule has 2 heteroatoms. The fraction of sp³-hybridized carbons (Fsp3) is 0.647. The van der Waals surface area contributed by atoms with Crippen molar-refractivity contribution in [3.8, 4) is 5.75 Å². The lowest BCUT2D eigenvalue weighted by molar-refractivity contribution is 0.0976. The average molecular weight is 261 g/mol. The lowest BCUT2D eigenvalue weighted by Crippen LogP contribution is -2.28. The first-order valence-electron chi connectivity index (χ1n) is 7.53. The van der Waals surface area contributed by atoms with Crippen molar-refractivity contribution < 1.29 is 4.74 Å². The average Bonchev–Trinajstić information content (AvgIpc) is 2.41. The van der Waals surface area contributed by atoms with E-state index in [1.54, 1.807) is 0 Å². The van der Waals surface area contributed by atoms with Crippen LogP contribution in [0.3, 0.4) is 0 Å². The standard InChI is InChI=1S/C17H27NO/c1-4-15(18)14-7-5-6-8-16(14)19-13-9-11-17(2,3)12-10-13/h5-8,13,15H,4,9-12,18H2,1-3H3/t15-/m0/s1. The Bertz CT molecular complexity index is 403. The van der Waals surface area contributed by atoms with Crippen LogP contribution in [0.25, 0.3) is 0 Å². The number of hydrogen-bond acceptors (Lipinski definition) is 2. The van der Waals surface area contributed by atoms with Crippen LogP contribution in [0.1, 0.15) is 64.5 Å². The summed E-state index contributed by atoms with van der Waals surface area (Å²) in [7, 11) is 0. The zero-order valence-electron chi connectivity index (χ0n) is 12.5. The molecular weight excluding hydrogens is 234 g/mol. The Labute approximate surface area is 117 Å². The molecule has 1 saturated carbocycles. The molecule has 106 valence electrons. The maximum Gasteiger partial charge on any atom is 0.124 e. The van der Waals surface area contributed by atoms with Gasteiger partial charge in [-0.15, -0.1) is 0 Å². The summed E-state index contributed by atoms with van der Waals surface area (Å²) in [6, 6.07) is 8.31. The summed E-state index contributed by atoms with van der Waals surface area (Å²) in [5.74, 6) is 0.988. The lowest BCUT2D eigenvalue weighted by Gasteiger charge is -2.34. The second-order valence-corrected chi connectivity index (χ2v) is 6.53. The highest BCUT2D eigenvalue weighted by atomic mass is 16.5. The van der Waals surface area contributed by atoms with E-state index in [-0.39, 0.29) is 6.04 Å². The van der Waals surface area contributed by atoms with Gasteiger partial charge in [0.15, 0.2) is 0 Å². The van der Waals surface area contributed by atoms with Crippen LogP contribution in [0.4, 0.5) is 0 Å². The first kappa shape index (κ1) is 14.4. The van der Waals surface area contributed by atoms with Crippen LogP contribution in [-0.4, -0.2) is 6.10 Å². The topological polar surface area (TPSA) is 35.2 Å². The fourth-order valence-electron chi connectivity index (χ4n) is 2.78. The highest BCUT2D eigenvalue weighted by molar-refractivity contribution is 5.35. The molecule has 0 unspecified atom stereocenters. The lowest BCUT2D eigenvalue weighted by atomic mass is 9.76. The van der Waals surface area contributed by atoms with E-state index in [9.17, 15) is 0 Å². The fourth-order valence-corrected chi connectivity index (χ4v) is 2.78. The Morgan fingerprint density at radius 2 is 1.89 bits per heavy atom. The Balaban J connectivity index is 2.04. The molecule has 1 fully saturated rings. The van der Waals surface area contributed by atoms with Gasteiger partial charge in [-0.25, -0.2) is 0 Å². The van der Waals surface area contributed by atoms with E-state index < -0.39 is 0 Å². The molecular formula is C17H27NO. The molecule has 1 atom stereocenters. The van der Waals surface area contributed by atoms with Gasteiger partial charge in [0.05, 0.1) is 6.10 Å². The van der Waals surface area contributed by atoms with Gasteiger partial charge in [-0.2, -0.15) is 0 Å². The Hall–Kier alpha value is -1.02. The van der Waals surface area contributed by atoms with Crippen LogP contribution >= 0.6 is 0 Å².